The van der Waals surface area contributed by atoms with E-state index in [4.69, 9.17) is 10.5 Å². The van der Waals surface area contributed by atoms with Gasteiger partial charge in [0.05, 0.1) is 23.3 Å². The molecule has 8 heteroatoms. The highest BCUT2D eigenvalue weighted by Gasteiger charge is 2.40. The Morgan fingerprint density at radius 3 is 2.90 bits per heavy atom. The van der Waals surface area contributed by atoms with Crippen molar-refractivity contribution in [3.63, 3.8) is 0 Å². The van der Waals surface area contributed by atoms with E-state index in [1.54, 1.807) is 23.0 Å². The lowest BCUT2D eigenvalue weighted by Crippen LogP contribution is -2.25. The molecule has 0 amide bonds. The summed E-state index contributed by atoms with van der Waals surface area (Å²) in [6.45, 7) is 2.35. The van der Waals surface area contributed by atoms with Crippen molar-refractivity contribution in [1.82, 2.24) is 24.5 Å². The Morgan fingerprint density at radius 2 is 2.07 bits per heavy atom. The minimum absolute atomic E-state index is 0.163. The number of hydrogen-bond donors (Lipinski definition) is 2. The van der Waals surface area contributed by atoms with E-state index in [2.05, 4.69) is 19.9 Å². The third-order valence-electron chi connectivity index (χ3n) is 5.30. The van der Waals surface area contributed by atoms with Gasteiger partial charge in [0.1, 0.15) is 11.4 Å². The minimum atomic E-state index is -1.14. The fraction of sp³-hybridized carbons (Fsp3) is 0.238. The lowest BCUT2D eigenvalue weighted by atomic mass is 9.91. The molecule has 8 nitrogen and oxygen atoms in total. The van der Waals surface area contributed by atoms with Crippen molar-refractivity contribution in [2.45, 2.75) is 25.4 Å². The van der Waals surface area contributed by atoms with E-state index in [-0.39, 0.29) is 5.95 Å². The molecule has 0 radical (unpaired) electrons. The molecular formula is C21H20N6O2. The van der Waals surface area contributed by atoms with Crippen LogP contribution >= 0.6 is 0 Å². The number of pyridine rings is 1. The number of fused-ring (bicyclic) bond motifs is 2. The quantitative estimate of drug-likeness (QED) is 0.552. The first-order chi connectivity index (χ1) is 14.1. The highest BCUT2D eigenvalue weighted by atomic mass is 16.5. The smallest absolute Gasteiger partial charge is 0.303 e. The number of nitrogen functional groups attached to an aromatic ring is 1. The first-order valence-corrected chi connectivity index (χ1v) is 9.51. The molecule has 0 aliphatic heterocycles. The van der Waals surface area contributed by atoms with Crippen LogP contribution in [0.5, 0.6) is 6.01 Å². The zero-order chi connectivity index (χ0) is 20.0. The molecular weight excluding hydrogens is 368 g/mol. The number of anilines is 1. The van der Waals surface area contributed by atoms with Gasteiger partial charge in [-0.2, -0.15) is 9.97 Å². The molecule has 3 heterocycles. The van der Waals surface area contributed by atoms with Crippen LogP contribution in [-0.2, 0) is 12.0 Å². The van der Waals surface area contributed by atoms with Crippen LogP contribution in [0.3, 0.4) is 0 Å². The van der Waals surface area contributed by atoms with Gasteiger partial charge in [-0.15, -0.1) is 0 Å². The van der Waals surface area contributed by atoms with Crippen LogP contribution in [0.25, 0.3) is 16.9 Å². The first kappa shape index (κ1) is 17.6. The number of hydrogen-bond acceptors (Lipinski definition) is 7. The molecule has 4 aromatic rings. The van der Waals surface area contributed by atoms with Crippen LogP contribution in [0.4, 0.5) is 5.95 Å². The Hall–Kier alpha value is -3.52. The number of nitrogens with two attached hydrogens (primary N) is 1. The topological polar surface area (TPSA) is 112 Å². The van der Waals surface area contributed by atoms with Gasteiger partial charge in [0.25, 0.3) is 0 Å². The van der Waals surface area contributed by atoms with Crippen molar-refractivity contribution in [3.8, 4) is 11.8 Å². The molecule has 29 heavy (non-hydrogen) atoms. The third kappa shape index (κ3) is 2.72. The Balaban J connectivity index is 1.72. The zero-order valence-electron chi connectivity index (χ0n) is 15.9. The maximum Gasteiger partial charge on any atom is 0.303 e. The Kier molecular flexibility index (Phi) is 3.95. The van der Waals surface area contributed by atoms with Crippen LogP contribution in [0.2, 0.25) is 0 Å². The van der Waals surface area contributed by atoms with Crippen molar-refractivity contribution < 1.29 is 9.84 Å². The van der Waals surface area contributed by atoms with Crippen LogP contribution in [0.1, 0.15) is 30.2 Å². The molecule has 5 rings (SSSR count). The van der Waals surface area contributed by atoms with E-state index in [9.17, 15) is 5.11 Å². The number of imidazole rings is 1. The van der Waals surface area contributed by atoms with Gasteiger partial charge in [0, 0.05) is 18.5 Å². The average Bonchev–Trinajstić information content (AvgIpc) is 3.26. The summed E-state index contributed by atoms with van der Waals surface area (Å²) in [5.74, 6) is 0.716. The van der Waals surface area contributed by atoms with Gasteiger partial charge in [0.2, 0.25) is 5.95 Å². The largest absolute Gasteiger partial charge is 0.465 e. The molecule has 1 aliphatic carbocycles. The first-order valence-electron chi connectivity index (χ1n) is 9.51. The van der Waals surface area contributed by atoms with E-state index in [0.29, 0.717) is 30.5 Å². The SMILES string of the molecule is CCOc1nc2ccc(C3(O)CCc4cccnc43)cc2n1-c1ccnc(N)n1. The number of aliphatic hydroxyl groups is 1. The predicted molar refractivity (Wildman–Crippen MR) is 108 cm³/mol. The Morgan fingerprint density at radius 1 is 1.17 bits per heavy atom. The van der Waals surface area contributed by atoms with Gasteiger partial charge in [-0.1, -0.05) is 12.1 Å². The molecule has 0 fully saturated rings. The fourth-order valence-corrected chi connectivity index (χ4v) is 3.97. The second-order valence-electron chi connectivity index (χ2n) is 7.01. The van der Waals surface area contributed by atoms with Crippen LogP contribution in [0, 0.1) is 0 Å². The summed E-state index contributed by atoms with van der Waals surface area (Å²) in [6, 6.07) is 11.8. The Labute approximate surface area is 167 Å². The van der Waals surface area contributed by atoms with Crippen molar-refractivity contribution in [3.05, 3.63) is 65.6 Å². The van der Waals surface area contributed by atoms with E-state index >= 15 is 0 Å². The summed E-state index contributed by atoms with van der Waals surface area (Å²) < 4.78 is 7.53. The average molecular weight is 388 g/mol. The van der Waals surface area contributed by atoms with Crippen molar-refractivity contribution in [2.24, 2.45) is 0 Å². The molecule has 146 valence electrons. The van der Waals surface area contributed by atoms with E-state index in [1.807, 2.05) is 37.3 Å². The zero-order valence-corrected chi connectivity index (χ0v) is 15.9. The van der Waals surface area contributed by atoms with E-state index < -0.39 is 5.60 Å². The number of aromatic nitrogens is 5. The molecule has 0 saturated carbocycles. The fourth-order valence-electron chi connectivity index (χ4n) is 3.97. The monoisotopic (exact) mass is 388 g/mol. The van der Waals surface area contributed by atoms with Crippen molar-refractivity contribution in [2.75, 3.05) is 12.3 Å². The van der Waals surface area contributed by atoms with Gasteiger partial charge >= 0.3 is 6.01 Å². The maximum absolute atomic E-state index is 11.5. The summed E-state index contributed by atoms with van der Waals surface area (Å²) in [4.78, 5) is 17.3. The number of ether oxygens (including phenoxy) is 1. The molecule has 1 aromatic carbocycles. The van der Waals surface area contributed by atoms with Gasteiger partial charge in [-0.05, 0) is 49.1 Å². The van der Waals surface area contributed by atoms with Gasteiger partial charge < -0.3 is 15.6 Å². The van der Waals surface area contributed by atoms with Crippen molar-refractivity contribution in [1.29, 1.82) is 0 Å². The normalized spacial score (nSPS) is 18.1. The molecule has 0 spiro atoms. The number of aryl methyl sites for hydroxylation is 1. The standard InChI is InChI=1S/C21H20N6O2/c1-2-29-20-25-15-6-5-14(21(28)9-7-13-4-3-10-23-18(13)21)12-16(15)27(20)17-8-11-24-19(22)26-17/h3-6,8,10-12,28H,2,7,9H2,1H3,(H2,22,24,26). The summed E-state index contributed by atoms with van der Waals surface area (Å²) in [6.07, 6.45) is 4.67. The highest BCUT2D eigenvalue weighted by Crippen LogP contribution is 2.41. The Bertz CT molecular complexity index is 1220. The van der Waals surface area contributed by atoms with Gasteiger partial charge in [0.15, 0.2) is 0 Å². The summed E-state index contributed by atoms with van der Waals surface area (Å²) in [5, 5.41) is 11.5. The molecule has 1 atom stereocenters. The number of nitrogens with zero attached hydrogens (tertiary/aromatic N) is 5. The minimum Gasteiger partial charge on any atom is -0.465 e. The number of benzene rings is 1. The van der Waals surface area contributed by atoms with E-state index in [0.717, 1.165) is 28.6 Å². The second kappa shape index (κ2) is 6.52. The van der Waals surface area contributed by atoms with Crippen LogP contribution < -0.4 is 10.5 Å². The van der Waals surface area contributed by atoms with Gasteiger partial charge in [-0.3, -0.25) is 4.98 Å². The van der Waals surface area contributed by atoms with Gasteiger partial charge in [-0.25, -0.2) is 9.55 Å². The van der Waals surface area contributed by atoms with E-state index in [1.165, 1.54) is 0 Å². The predicted octanol–water partition coefficient (Wildman–Crippen LogP) is 2.37. The third-order valence-corrected chi connectivity index (χ3v) is 5.30. The molecule has 1 unspecified atom stereocenters. The second-order valence-corrected chi connectivity index (χ2v) is 7.01. The lowest BCUT2D eigenvalue weighted by Gasteiger charge is -2.23. The molecule has 0 bridgehead atoms. The number of rotatable bonds is 4. The molecule has 0 saturated heterocycles. The molecule has 3 N–H and O–H groups in total. The highest BCUT2D eigenvalue weighted by molar-refractivity contribution is 5.80. The van der Waals surface area contributed by atoms with Crippen LogP contribution in [0.15, 0.2) is 48.8 Å². The molecule has 1 aliphatic rings. The molecule has 3 aromatic heterocycles. The maximum atomic E-state index is 11.5. The van der Waals surface area contributed by atoms with Crippen molar-refractivity contribution >= 4 is 17.0 Å². The van der Waals surface area contributed by atoms with Crippen LogP contribution in [-0.4, -0.2) is 36.2 Å². The summed E-state index contributed by atoms with van der Waals surface area (Å²) in [7, 11) is 0. The summed E-state index contributed by atoms with van der Waals surface area (Å²) >= 11 is 0. The lowest BCUT2D eigenvalue weighted by molar-refractivity contribution is 0.0789. The summed E-state index contributed by atoms with van der Waals surface area (Å²) in [5.41, 5.74) is 8.69.